The Hall–Kier alpha value is -0.560. The molecule has 1 aromatic rings. The van der Waals surface area contributed by atoms with Crippen LogP contribution in [0, 0.1) is 9.39 Å². The lowest BCUT2D eigenvalue weighted by Gasteiger charge is -2.36. The maximum atomic E-state index is 13.5. The van der Waals surface area contributed by atoms with Crippen molar-refractivity contribution in [2.24, 2.45) is 0 Å². The van der Waals surface area contributed by atoms with Crippen molar-refractivity contribution < 1.29 is 9.13 Å². The van der Waals surface area contributed by atoms with Gasteiger partial charge in [0.05, 0.1) is 20.5 Å². The molecule has 1 atom stereocenters. The summed E-state index contributed by atoms with van der Waals surface area (Å²) in [4.78, 5) is 0. The zero-order valence-electron chi connectivity index (χ0n) is 10.6. The molecule has 18 heavy (non-hydrogen) atoms. The molecule has 0 saturated carbocycles. The molecule has 0 aliphatic carbocycles. The smallest absolute Gasteiger partial charge is 0.138 e. The SMILES string of the molecule is CC1(C)CC(Nc2cc(F)c(I)cc2N)CCO1. The average Bonchev–Trinajstić information content (AvgIpc) is 2.24. The van der Waals surface area contributed by atoms with Crippen LogP contribution in [0.15, 0.2) is 12.1 Å². The number of hydrogen-bond donors (Lipinski definition) is 2. The van der Waals surface area contributed by atoms with E-state index in [2.05, 4.69) is 19.2 Å². The number of nitrogens with one attached hydrogen (secondary N) is 1. The summed E-state index contributed by atoms with van der Waals surface area (Å²) >= 11 is 1.94. The summed E-state index contributed by atoms with van der Waals surface area (Å²) in [6.45, 7) is 4.86. The second-order valence-electron chi connectivity index (χ2n) is 5.30. The zero-order chi connectivity index (χ0) is 13.3. The van der Waals surface area contributed by atoms with Crippen LogP contribution in [0.3, 0.4) is 0 Å². The first-order valence-corrected chi connectivity index (χ1v) is 7.10. The standard InChI is InChI=1S/C13H18FIN2O/c1-13(2)7-8(3-4-18-13)17-12-5-9(14)10(15)6-11(12)16/h5-6,8,17H,3-4,7,16H2,1-2H3. The lowest BCUT2D eigenvalue weighted by molar-refractivity contribution is -0.0553. The molecule has 100 valence electrons. The Morgan fingerprint density at radius 2 is 2.22 bits per heavy atom. The van der Waals surface area contributed by atoms with Gasteiger partial charge >= 0.3 is 0 Å². The lowest BCUT2D eigenvalue weighted by Crippen LogP contribution is -2.40. The van der Waals surface area contributed by atoms with Gasteiger partial charge in [0.1, 0.15) is 5.82 Å². The molecule has 0 spiro atoms. The van der Waals surface area contributed by atoms with Crippen LogP contribution in [0.5, 0.6) is 0 Å². The maximum Gasteiger partial charge on any atom is 0.138 e. The highest BCUT2D eigenvalue weighted by atomic mass is 127. The Morgan fingerprint density at radius 1 is 1.50 bits per heavy atom. The molecule has 3 nitrogen and oxygen atoms in total. The van der Waals surface area contributed by atoms with E-state index in [1.807, 2.05) is 22.6 Å². The van der Waals surface area contributed by atoms with E-state index in [4.69, 9.17) is 10.5 Å². The highest BCUT2D eigenvalue weighted by Crippen LogP contribution is 2.29. The molecule has 3 N–H and O–H groups in total. The van der Waals surface area contributed by atoms with Gasteiger partial charge in [-0.15, -0.1) is 0 Å². The van der Waals surface area contributed by atoms with Crippen molar-refractivity contribution in [2.45, 2.75) is 38.3 Å². The predicted octanol–water partition coefficient (Wildman–Crippen LogP) is 3.38. The predicted molar refractivity (Wildman–Crippen MR) is 80.2 cm³/mol. The summed E-state index contributed by atoms with van der Waals surface area (Å²) in [7, 11) is 0. The fraction of sp³-hybridized carbons (Fsp3) is 0.538. The molecule has 1 saturated heterocycles. The highest BCUT2D eigenvalue weighted by Gasteiger charge is 2.29. The fourth-order valence-electron chi connectivity index (χ4n) is 2.26. The Labute approximate surface area is 120 Å². The molecule has 1 heterocycles. The molecule has 0 amide bonds. The number of anilines is 2. The number of rotatable bonds is 2. The third-order valence-corrected chi connectivity index (χ3v) is 3.98. The highest BCUT2D eigenvalue weighted by molar-refractivity contribution is 14.1. The van der Waals surface area contributed by atoms with E-state index in [-0.39, 0.29) is 17.5 Å². The molecule has 5 heteroatoms. The fourth-order valence-corrected chi connectivity index (χ4v) is 2.75. The summed E-state index contributed by atoms with van der Waals surface area (Å²) in [5.74, 6) is -0.237. The first-order valence-electron chi connectivity index (χ1n) is 6.02. The van der Waals surface area contributed by atoms with E-state index >= 15 is 0 Å². The van der Waals surface area contributed by atoms with Crippen molar-refractivity contribution in [3.63, 3.8) is 0 Å². The number of halogens is 2. The minimum Gasteiger partial charge on any atom is -0.397 e. The second-order valence-corrected chi connectivity index (χ2v) is 6.46. The molecule has 0 radical (unpaired) electrons. The summed E-state index contributed by atoms with van der Waals surface area (Å²) in [6.07, 6.45) is 1.80. The van der Waals surface area contributed by atoms with Gasteiger partial charge in [-0.1, -0.05) is 0 Å². The van der Waals surface area contributed by atoms with Crippen LogP contribution in [-0.4, -0.2) is 18.2 Å². The molecular weight excluding hydrogens is 346 g/mol. The second kappa shape index (κ2) is 5.21. The molecule has 1 fully saturated rings. The van der Waals surface area contributed by atoms with Gasteiger partial charge in [-0.2, -0.15) is 0 Å². The van der Waals surface area contributed by atoms with E-state index in [9.17, 15) is 4.39 Å². The monoisotopic (exact) mass is 364 g/mol. The molecule has 2 rings (SSSR count). The Balaban J connectivity index is 2.12. The van der Waals surface area contributed by atoms with E-state index in [0.29, 0.717) is 14.9 Å². The Bertz CT molecular complexity index is 451. The average molecular weight is 364 g/mol. The number of nitrogen functional groups attached to an aromatic ring is 1. The maximum absolute atomic E-state index is 13.5. The van der Waals surface area contributed by atoms with Gasteiger partial charge in [-0.05, 0) is 55.3 Å². The largest absolute Gasteiger partial charge is 0.397 e. The topological polar surface area (TPSA) is 47.3 Å². The molecular formula is C13H18FIN2O. The third kappa shape index (κ3) is 3.26. The van der Waals surface area contributed by atoms with Gasteiger partial charge in [0.2, 0.25) is 0 Å². The van der Waals surface area contributed by atoms with Crippen molar-refractivity contribution in [3.05, 3.63) is 21.5 Å². The van der Waals surface area contributed by atoms with Gasteiger partial charge in [-0.25, -0.2) is 4.39 Å². The first kappa shape index (κ1) is 13.9. The van der Waals surface area contributed by atoms with Gasteiger partial charge in [0.15, 0.2) is 0 Å². The van der Waals surface area contributed by atoms with Crippen molar-refractivity contribution in [2.75, 3.05) is 17.7 Å². The van der Waals surface area contributed by atoms with E-state index < -0.39 is 0 Å². The van der Waals surface area contributed by atoms with E-state index in [0.717, 1.165) is 19.4 Å². The van der Waals surface area contributed by atoms with Crippen molar-refractivity contribution in [1.29, 1.82) is 0 Å². The summed E-state index contributed by atoms with van der Waals surface area (Å²) in [5.41, 5.74) is 7.04. The summed E-state index contributed by atoms with van der Waals surface area (Å²) in [6, 6.07) is 3.40. The van der Waals surface area contributed by atoms with Crippen LogP contribution in [0.4, 0.5) is 15.8 Å². The van der Waals surface area contributed by atoms with Crippen LogP contribution < -0.4 is 11.1 Å². The number of ether oxygens (including phenoxy) is 1. The van der Waals surface area contributed by atoms with Gasteiger partial charge in [-0.3, -0.25) is 0 Å². The number of benzene rings is 1. The normalized spacial score (nSPS) is 22.8. The summed E-state index contributed by atoms with van der Waals surface area (Å²) in [5, 5.41) is 3.32. The Morgan fingerprint density at radius 3 is 2.89 bits per heavy atom. The van der Waals surface area contributed by atoms with Crippen molar-refractivity contribution >= 4 is 34.0 Å². The van der Waals surface area contributed by atoms with Crippen LogP contribution in [-0.2, 0) is 4.74 Å². The molecule has 1 aromatic carbocycles. The molecule has 0 aromatic heterocycles. The van der Waals surface area contributed by atoms with E-state index in [1.165, 1.54) is 6.07 Å². The van der Waals surface area contributed by atoms with Crippen molar-refractivity contribution in [3.8, 4) is 0 Å². The lowest BCUT2D eigenvalue weighted by atomic mass is 9.93. The zero-order valence-corrected chi connectivity index (χ0v) is 12.8. The minimum absolute atomic E-state index is 0.133. The third-order valence-electron chi connectivity index (χ3n) is 3.15. The summed E-state index contributed by atoms with van der Waals surface area (Å²) < 4.78 is 19.7. The Kier molecular flexibility index (Phi) is 4.01. The minimum atomic E-state index is -0.237. The quantitative estimate of drug-likeness (QED) is 0.625. The van der Waals surface area contributed by atoms with Gasteiger partial charge in [0.25, 0.3) is 0 Å². The van der Waals surface area contributed by atoms with Gasteiger partial charge in [0, 0.05) is 18.7 Å². The van der Waals surface area contributed by atoms with E-state index in [1.54, 1.807) is 6.07 Å². The number of hydrogen-bond acceptors (Lipinski definition) is 3. The molecule has 1 unspecified atom stereocenters. The molecule has 1 aliphatic rings. The van der Waals surface area contributed by atoms with Crippen molar-refractivity contribution in [1.82, 2.24) is 0 Å². The van der Waals surface area contributed by atoms with Crippen LogP contribution in [0.25, 0.3) is 0 Å². The number of nitrogens with two attached hydrogens (primary N) is 1. The first-order chi connectivity index (χ1) is 8.37. The molecule has 1 aliphatic heterocycles. The van der Waals surface area contributed by atoms with Gasteiger partial charge < -0.3 is 15.8 Å². The van der Waals surface area contributed by atoms with Crippen LogP contribution >= 0.6 is 22.6 Å². The molecule has 0 bridgehead atoms. The van der Waals surface area contributed by atoms with Crippen LogP contribution in [0.2, 0.25) is 0 Å². The van der Waals surface area contributed by atoms with Crippen LogP contribution in [0.1, 0.15) is 26.7 Å².